The Morgan fingerprint density at radius 2 is 1.74 bits per heavy atom. The van der Waals surface area contributed by atoms with Crippen molar-refractivity contribution in [1.29, 1.82) is 0 Å². The number of thiophene rings is 1. The summed E-state index contributed by atoms with van der Waals surface area (Å²) < 4.78 is 2.14. The minimum Gasteiger partial charge on any atom is -0.508 e. The van der Waals surface area contributed by atoms with E-state index in [0.717, 1.165) is 33.9 Å². The van der Waals surface area contributed by atoms with Crippen LogP contribution >= 0.6 is 11.3 Å². The van der Waals surface area contributed by atoms with Crippen LogP contribution in [0, 0.1) is 13.8 Å². The molecule has 1 amide bonds. The summed E-state index contributed by atoms with van der Waals surface area (Å²) in [4.78, 5) is 15.8. The third-order valence-corrected chi connectivity index (χ3v) is 5.98. The first-order valence-electron chi connectivity index (χ1n) is 9.05. The van der Waals surface area contributed by atoms with E-state index < -0.39 is 0 Å². The van der Waals surface area contributed by atoms with Crippen LogP contribution in [-0.2, 0) is 0 Å². The lowest BCUT2D eigenvalue weighted by Gasteiger charge is -2.27. The highest BCUT2D eigenvalue weighted by atomic mass is 32.1. The van der Waals surface area contributed by atoms with Crippen molar-refractivity contribution in [1.82, 2.24) is 9.47 Å². The Hall–Kier alpha value is -2.79. The van der Waals surface area contributed by atoms with E-state index in [0.29, 0.717) is 13.1 Å². The number of aromatic hydroxyl groups is 1. The number of nitrogens with zero attached hydrogens (tertiary/aromatic N) is 2. The van der Waals surface area contributed by atoms with Crippen LogP contribution in [0.25, 0.3) is 11.3 Å². The topological polar surface area (TPSA) is 45.5 Å². The fraction of sp³-hybridized carbons (Fsp3) is 0.227. The number of aryl methyl sites for hydroxylation is 2. The summed E-state index contributed by atoms with van der Waals surface area (Å²) in [6.07, 6.45) is 2.94. The van der Waals surface area contributed by atoms with Gasteiger partial charge in [0.2, 0.25) is 0 Å². The van der Waals surface area contributed by atoms with Gasteiger partial charge in [-0.2, -0.15) is 0 Å². The number of phenolic OH excluding ortho intramolecular Hbond substituents is 1. The number of benzene rings is 1. The largest absolute Gasteiger partial charge is 0.508 e. The number of hydrogen-bond acceptors (Lipinski definition) is 3. The molecule has 4 rings (SSSR count). The number of carbonyl (C=O) groups is 1. The molecule has 3 aromatic rings. The Morgan fingerprint density at radius 3 is 2.37 bits per heavy atom. The lowest BCUT2D eigenvalue weighted by atomic mass is 9.99. The van der Waals surface area contributed by atoms with Crippen molar-refractivity contribution < 1.29 is 9.90 Å². The molecule has 138 valence electrons. The van der Waals surface area contributed by atoms with Crippen LogP contribution in [0.1, 0.15) is 33.0 Å². The van der Waals surface area contributed by atoms with E-state index in [1.54, 1.807) is 12.1 Å². The highest BCUT2D eigenvalue weighted by molar-refractivity contribution is 7.12. The summed E-state index contributed by atoms with van der Waals surface area (Å²) in [6, 6.07) is 13.4. The van der Waals surface area contributed by atoms with Crippen molar-refractivity contribution in [2.24, 2.45) is 0 Å². The van der Waals surface area contributed by atoms with E-state index in [1.165, 1.54) is 16.9 Å². The zero-order valence-corrected chi connectivity index (χ0v) is 16.3. The summed E-state index contributed by atoms with van der Waals surface area (Å²) in [5.74, 6) is 0.362. The molecule has 1 aromatic carbocycles. The standard InChI is InChI=1S/C22H22N2O2S/c1-15-3-4-16(2)24(15)20-11-14-27-21(20)22(26)23-12-9-18(10-13-23)17-5-7-19(25)8-6-17/h3-9,11,14,25H,10,12-13H2,1-2H3. The normalized spacial score (nSPS) is 14.3. The van der Waals surface area contributed by atoms with E-state index in [1.807, 2.05) is 28.5 Å². The first kappa shape index (κ1) is 17.6. The molecule has 0 atom stereocenters. The highest BCUT2D eigenvalue weighted by Gasteiger charge is 2.24. The summed E-state index contributed by atoms with van der Waals surface area (Å²) in [5.41, 5.74) is 5.57. The Balaban J connectivity index is 1.56. The second-order valence-electron chi connectivity index (χ2n) is 6.86. The van der Waals surface area contributed by atoms with E-state index in [4.69, 9.17) is 0 Å². The van der Waals surface area contributed by atoms with Crippen LogP contribution in [-0.4, -0.2) is 33.6 Å². The zero-order valence-electron chi connectivity index (χ0n) is 15.5. The Bertz CT molecular complexity index is 992. The van der Waals surface area contributed by atoms with Crippen molar-refractivity contribution in [2.75, 3.05) is 13.1 Å². The van der Waals surface area contributed by atoms with Crippen LogP contribution in [0.15, 0.2) is 53.9 Å². The Kier molecular flexibility index (Phi) is 4.62. The van der Waals surface area contributed by atoms with Gasteiger partial charge in [-0.25, -0.2) is 0 Å². The number of rotatable bonds is 3. The zero-order chi connectivity index (χ0) is 19.0. The van der Waals surface area contributed by atoms with Crippen molar-refractivity contribution in [3.8, 4) is 11.4 Å². The van der Waals surface area contributed by atoms with Crippen molar-refractivity contribution >= 4 is 22.8 Å². The molecule has 1 aliphatic rings. The van der Waals surface area contributed by atoms with Crippen LogP contribution < -0.4 is 0 Å². The second kappa shape index (κ2) is 7.08. The van der Waals surface area contributed by atoms with Gasteiger partial charge in [0.1, 0.15) is 10.6 Å². The molecule has 0 aliphatic carbocycles. The summed E-state index contributed by atoms with van der Waals surface area (Å²) in [6.45, 7) is 5.43. The molecule has 5 heteroatoms. The SMILES string of the molecule is Cc1ccc(C)n1-c1ccsc1C(=O)N1CC=C(c2ccc(O)cc2)CC1. The molecule has 0 saturated heterocycles. The Labute approximate surface area is 163 Å². The molecule has 1 N–H and O–H groups in total. The van der Waals surface area contributed by atoms with E-state index >= 15 is 0 Å². The van der Waals surface area contributed by atoms with Crippen LogP contribution in [0.5, 0.6) is 5.75 Å². The third kappa shape index (κ3) is 3.30. The number of amides is 1. The molecule has 0 saturated carbocycles. The minimum absolute atomic E-state index is 0.0912. The molecular formula is C22H22N2O2S. The fourth-order valence-electron chi connectivity index (χ4n) is 3.62. The average molecular weight is 378 g/mol. The molecule has 0 fully saturated rings. The van der Waals surface area contributed by atoms with Gasteiger partial charge in [0.25, 0.3) is 5.91 Å². The van der Waals surface area contributed by atoms with Gasteiger partial charge in [-0.05, 0) is 67.1 Å². The van der Waals surface area contributed by atoms with E-state index in [-0.39, 0.29) is 11.7 Å². The van der Waals surface area contributed by atoms with Crippen molar-refractivity contribution in [2.45, 2.75) is 20.3 Å². The monoisotopic (exact) mass is 378 g/mol. The van der Waals surface area contributed by atoms with Gasteiger partial charge in [-0.3, -0.25) is 4.79 Å². The number of aromatic nitrogens is 1. The maximum atomic E-state index is 13.1. The second-order valence-corrected chi connectivity index (χ2v) is 7.78. The number of carbonyl (C=O) groups excluding carboxylic acids is 1. The minimum atomic E-state index is 0.0912. The summed E-state index contributed by atoms with van der Waals surface area (Å²) >= 11 is 1.51. The molecular weight excluding hydrogens is 356 g/mol. The first-order valence-corrected chi connectivity index (χ1v) is 9.93. The van der Waals surface area contributed by atoms with Gasteiger partial charge in [-0.15, -0.1) is 11.3 Å². The molecule has 2 aromatic heterocycles. The van der Waals surface area contributed by atoms with Crippen molar-refractivity contribution in [3.63, 3.8) is 0 Å². The van der Waals surface area contributed by atoms with Gasteiger partial charge in [0.05, 0.1) is 5.69 Å². The molecule has 0 radical (unpaired) electrons. The van der Waals surface area contributed by atoms with Crippen LogP contribution in [0.2, 0.25) is 0 Å². The molecule has 0 unspecified atom stereocenters. The molecule has 27 heavy (non-hydrogen) atoms. The average Bonchev–Trinajstić information content (AvgIpc) is 3.28. The quantitative estimate of drug-likeness (QED) is 0.712. The Morgan fingerprint density at radius 1 is 1.04 bits per heavy atom. The molecule has 3 heterocycles. The highest BCUT2D eigenvalue weighted by Crippen LogP contribution is 2.29. The maximum absolute atomic E-state index is 13.1. The predicted octanol–water partition coefficient (Wildman–Crippen LogP) is 4.79. The summed E-state index contributed by atoms with van der Waals surface area (Å²) in [5, 5.41) is 11.4. The molecule has 0 bridgehead atoms. The molecule has 4 nitrogen and oxygen atoms in total. The van der Waals surface area contributed by atoms with E-state index in [9.17, 15) is 9.90 Å². The molecule has 0 spiro atoms. The van der Waals surface area contributed by atoms with Crippen LogP contribution in [0.4, 0.5) is 0 Å². The van der Waals surface area contributed by atoms with Gasteiger partial charge < -0.3 is 14.6 Å². The van der Waals surface area contributed by atoms with Gasteiger partial charge in [0, 0.05) is 24.5 Å². The fourth-order valence-corrected chi connectivity index (χ4v) is 4.46. The lowest BCUT2D eigenvalue weighted by molar-refractivity contribution is 0.0777. The van der Waals surface area contributed by atoms with Gasteiger partial charge in [0.15, 0.2) is 0 Å². The lowest BCUT2D eigenvalue weighted by Crippen LogP contribution is -2.34. The number of hydrogen-bond donors (Lipinski definition) is 1. The maximum Gasteiger partial charge on any atom is 0.266 e. The van der Waals surface area contributed by atoms with E-state index in [2.05, 4.69) is 36.6 Å². The first-order chi connectivity index (χ1) is 13.0. The predicted molar refractivity (Wildman–Crippen MR) is 110 cm³/mol. The van der Waals surface area contributed by atoms with Crippen LogP contribution in [0.3, 0.4) is 0 Å². The van der Waals surface area contributed by atoms with Gasteiger partial charge >= 0.3 is 0 Å². The van der Waals surface area contributed by atoms with Crippen molar-refractivity contribution in [3.05, 3.63) is 75.7 Å². The smallest absolute Gasteiger partial charge is 0.266 e. The summed E-state index contributed by atoms with van der Waals surface area (Å²) in [7, 11) is 0. The van der Waals surface area contributed by atoms with Gasteiger partial charge in [-0.1, -0.05) is 18.2 Å². The third-order valence-electron chi connectivity index (χ3n) is 5.09. The molecule has 1 aliphatic heterocycles. The number of phenols is 1.